The molecule has 6 heteroatoms. The summed E-state index contributed by atoms with van der Waals surface area (Å²) in [5.74, 6) is -1.30. The molecule has 1 atom stereocenters. The molecule has 1 N–H and O–H groups in total. The number of hydrogen-bond acceptors (Lipinski definition) is 2. The van der Waals surface area contributed by atoms with Crippen molar-refractivity contribution in [2.45, 2.75) is 19.4 Å². The van der Waals surface area contributed by atoms with E-state index in [-0.39, 0.29) is 23.3 Å². The number of nitrogens with zero attached hydrogens (tertiary/aromatic N) is 1. The van der Waals surface area contributed by atoms with E-state index in [1.54, 1.807) is 29.2 Å². The number of amides is 2. The van der Waals surface area contributed by atoms with Crippen LogP contribution in [0, 0.1) is 11.7 Å². The van der Waals surface area contributed by atoms with Gasteiger partial charge in [0.1, 0.15) is 5.82 Å². The fourth-order valence-electron chi connectivity index (χ4n) is 3.16. The summed E-state index contributed by atoms with van der Waals surface area (Å²) in [6.07, 6.45) is 1.43. The van der Waals surface area contributed by atoms with Crippen LogP contribution in [0.3, 0.4) is 0 Å². The highest BCUT2D eigenvalue weighted by atomic mass is 35.5. The minimum atomic E-state index is -0.537. The predicted molar refractivity (Wildman–Crippen MR) is 98.3 cm³/mol. The van der Waals surface area contributed by atoms with Gasteiger partial charge in [0, 0.05) is 24.7 Å². The second-order valence-electron chi connectivity index (χ2n) is 6.42. The van der Waals surface area contributed by atoms with Gasteiger partial charge in [-0.3, -0.25) is 9.59 Å². The molecule has 136 valence electrons. The lowest BCUT2D eigenvalue weighted by molar-refractivity contribution is -0.126. The molecule has 1 saturated heterocycles. The van der Waals surface area contributed by atoms with Gasteiger partial charge in [-0.25, -0.2) is 4.39 Å². The lowest BCUT2D eigenvalue weighted by atomic mass is 9.96. The molecule has 2 aromatic rings. The molecule has 2 aromatic carbocycles. The van der Waals surface area contributed by atoms with Crippen molar-refractivity contribution in [1.82, 2.24) is 10.2 Å². The summed E-state index contributed by atoms with van der Waals surface area (Å²) in [6.45, 7) is 1.22. The third kappa shape index (κ3) is 4.41. The molecule has 2 amide bonds. The Hall–Kier alpha value is -2.40. The van der Waals surface area contributed by atoms with E-state index in [0.29, 0.717) is 31.1 Å². The maximum atomic E-state index is 13.9. The van der Waals surface area contributed by atoms with Gasteiger partial charge in [-0.1, -0.05) is 35.9 Å². The summed E-state index contributed by atoms with van der Waals surface area (Å²) >= 11 is 5.95. The number of carbonyl (C=O) groups is 2. The first-order valence-electron chi connectivity index (χ1n) is 8.60. The molecule has 0 saturated carbocycles. The average Bonchev–Trinajstić information content (AvgIpc) is 2.66. The number of carbonyl (C=O) groups excluding carboxylic acids is 2. The van der Waals surface area contributed by atoms with Gasteiger partial charge in [0.15, 0.2) is 0 Å². The fourth-order valence-corrected chi connectivity index (χ4v) is 3.37. The molecule has 0 aliphatic carbocycles. The van der Waals surface area contributed by atoms with E-state index in [0.717, 1.165) is 12.0 Å². The van der Waals surface area contributed by atoms with Crippen molar-refractivity contribution < 1.29 is 14.0 Å². The molecule has 0 unspecified atom stereocenters. The number of likely N-dealkylation sites (tertiary alicyclic amines) is 1. The first-order chi connectivity index (χ1) is 12.5. The summed E-state index contributed by atoms with van der Waals surface area (Å²) in [4.78, 5) is 26.6. The van der Waals surface area contributed by atoms with Gasteiger partial charge in [0.05, 0.1) is 11.5 Å². The number of hydrogen-bond donors (Lipinski definition) is 1. The number of piperidine rings is 1. The van der Waals surface area contributed by atoms with E-state index in [9.17, 15) is 14.0 Å². The van der Waals surface area contributed by atoms with Crippen LogP contribution in [-0.2, 0) is 11.3 Å². The fraction of sp³-hybridized carbons (Fsp3) is 0.300. The zero-order valence-corrected chi connectivity index (χ0v) is 15.0. The molecule has 1 aliphatic rings. The first-order valence-corrected chi connectivity index (χ1v) is 8.98. The molecular formula is C20H20ClFN2O2. The van der Waals surface area contributed by atoms with Crippen LogP contribution < -0.4 is 5.32 Å². The number of benzene rings is 2. The van der Waals surface area contributed by atoms with Crippen molar-refractivity contribution in [2.75, 3.05) is 13.1 Å². The van der Waals surface area contributed by atoms with E-state index < -0.39 is 5.82 Å². The Morgan fingerprint density at radius 2 is 2.00 bits per heavy atom. The molecule has 1 heterocycles. The number of rotatable bonds is 4. The monoisotopic (exact) mass is 374 g/mol. The summed E-state index contributed by atoms with van der Waals surface area (Å²) in [7, 11) is 0. The van der Waals surface area contributed by atoms with Crippen molar-refractivity contribution in [1.29, 1.82) is 0 Å². The normalized spacial score (nSPS) is 17.0. The molecule has 0 spiro atoms. The maximum Gasteiger partial charge on any atom is 0.256 e. The molecule has 1 aliphatic heterocycles. The van der Waals surface area contributed by atoms with Crippen LogP contribution in [0.25, 0.3) is 0 Å². The zero-order chi connectivity index (χ0) is 18.5. The predicted octanol–water partition coefficient (Wildman–Crippen LogP) is 3.65. The van der Waals surface area contributed by atoms with E-state index in [2.05, 4.69) is 5.32 Å². The van der Waals surface area contributed by atoms with Crippen LogP contribution in [0.15, 0.2) is 48.5 Å². The molecule has 1 fully saturated rings. The third-order valence-electron chi connectivity index (χ3n) is 4.54. The molecule has 26 heavy (non-hydrogen) atoms. The number of nitrogens with one attached hydrogen (secondary N) is 1. The molecule has 4 nitrogen and oxygen atoms in total. The van der Waals surface area contributed by atoms with Gasteiger partial charge in [-0.15, -0.1) is 0 Å². The Morgan fingerprint density at radius 1 is 1.19 bits per heavy atom. The van der Waals surface area contributed by atoms with E-state index >= 15 is 0 Å². The van der Waals surface area contributed by atoms with Crippen LogP contribution in [0.1, 0.15) is 28.8 Å². The molecule has 0 bridgehead atoms. The largest absolute Gasteiger partial charge is 0.352 e. The van der Waals surface area contributed by atoms with Crippen molar-refractivity contribution in [2.24, 2.45) is 5.92 Å². The van der Waals surface area contributed by atoms with Crippen LogP contribution in [-0.4, -0.2) is 29.8 Å². The second kappa shape index (κ2) is 8.32. The molecule has 0 aromatic heterocycles. The summed E-state index contributed by atoms with van der Waals surface area (Å²) in [5, 5.41) is 3.52. The van der Waals surface area contributed by atoms with E-state index in [1.807, 2.05) is 12.1 Å². The van der Waals surface area contributed by atoms with E-state index in [1.165, 1.54) is 12.1 Å². The Labute approximate surface area is 157 Å². The van der Waals surface area contributed by atoms with Gasteiger partial charge in [-0.2, -0.15) is 0 Å². The summed E-state index contributed by atoms with van der Waals surface area (Å²) in [6, 6.07) is 13.2. The lowest BCUT2D eigenvalue weighted by Gasteiger charge is -2.32. The Kier molecular flexibility index (Phi) is 5.89. The SMILES string of the molecule is O=C(NCc1cccc(Cl)c1)[C@H]1CCCN(C(=O)c2ccccc2F)C1. The molecular weight excluding hydrogens is 355 g/mol. The Balaban J connectivity index is 1.60. The Bertz CT molecular complexity index is 812. The first kappa shape index (κ1) is 18.4. The zero-order valence-electron chi connectivity index (χ0n) is 14.3. The highest BCUT2D eigenvalue weighted by molar-refractivity contribution is 6.30. The van der Waals surface area contributed by atoms with Crippen molar-refractivity contribution in [3.8, 4) is 0 Å². The van der Waals surface area contributed by atoms with Gasteiger partial charge in [-0.05, 0) is 42.7 Å². The van der Waals surface area contributed by atoms with Gasteiger partial charge in [0.25, 0.3) is 5.91 Å². The van der Waals surface area contributed by atoms with Crippen molar-refractivity contribution in [3.63, 3.8) is 0 Å². The number of halogens is 2. The molecule has 0 radical (unpaired) electrons. The van der Waals surface area contributed by atoms with Gasteiger partial charge >= 0.3 is 0 Å². The third-order valence-corrected chi connectivity index (χ3v) is 4.77. The standard InChI is InChI=1S/C20H20ClFN2O2/c21-16-7-3-5-14(11-16)12-23-19(25)15-6-4-10-24(13-15)20(26)17-8-1-2-9-18(17)22/h1-3,5,7-9,11,15H,4,6,10,12-13H2,(H,23,25)/t15-/m0/s1. The second-order valence-corrected chi connectivity index (χ2v) is 6.85. The van der Waals surface area contributed by atoms with Crippen LogP contribution >= 0.6 is 11.6 Å². The lowest BCUT2D eigenvalue weighted by Crippen LogP contribution is -2.45. The maximum absolute atomic E-state index is 13.9. The highest BCUT2D eigenvalue weighted by Crippen LogP contribution is 2.20. The molecule has 3 rings (SSSR count). The van der Waals surface area contributed by atoms with Crippen LogP contribution in [0.4, 0.5) is 4.39 Å². The summed E-state index contributed by atoms with van der Waals surface area (Å²) < 4.78 is 13.9. The van der Waals surface area contributed by atoms with E-state index in [4.69, 9.17) is 11.6 Å². The topological polar surface area (TPSA) is 49.4 Å². The van der Waals surface area contributed by atoms with Crippen molar-refractivity contribution >= 4 is 23.4 Å². The van der Waals surface area contributed by atoms with Crippen molar-refractivity contribution in [3.05, 3.63) is 70.5 Å². The van der Waals surface area contributed by atoms with Gasteiger partial charge < -0.3 is 10.2 Å². The van der Waals surface area contributed by atoms with Crippen LogP contribution in [0.5, 0.6) is 0 Å². The average molecular weight is 375 g/mol. The quantitative estimate of drug-likeness (QED) is 0.888. The minimum Gasteiger partial charge on any atom is -0.352 e. The van der Waals surface area contributed by atoms with Crippen LogP contribution in [0.2, 0.25) is 5.02 Å². The Morgan fingerprint density at radius 3 is 2.77 bits per heavy atom. The highest BCUT2D eigenvalue weighted by Gasteiger charge is 2.29. The van der Waals surface area contributed by atoms with Gasteiger partial charge in [0.2, 0.25) is 5.91 Å². The minimum absolute atomic E-state index is 0.0486. The smallest absolute Gasteiger partial charge is 0.256 e. The summed E-state index contributed by atoms with van der Waals surface area (Å²) in [5.41, 5.74) is 0.966.